The molecule has 13 heavy (non-hydrogen) atoms. The topological polar surface area (TPSA) is 47.6 Å². The molecule has 76 valence electrons. The minimum absolute atomic E-state index is 0.147. The number of amides is 1. The fourth-order valence-corrected chi connectivity index (χ4v) is 0.884. The molecule has 1 amide bonds. The number of nitrogens with one attached hydrogen (secondary N) is 1. The van der Waals surface area contributed by atoms with Crippen LogP contribution in [-0.4, -0.2) is 33.0 Å². The number of hydrogen-bond donors (Lipinski definition) is 1. The second-order valence-corrected chi connectivity index (χ2v) is 2.54. The van der Waals surface area contributed by atoms with Gasteiger partial charge in [0, 0.05) is 27.2 Å². The summed E-state index contributed by atoms with van der Waals surface area (Å²) < 4.78 is 9.96. The van der Waals surface area contributed by atoms with Crippen LogP contribution in [0.2, 0.25) is 0 Å². The van der Waals surface area contributed by atoms with Crippen LogP contribution < -0.4 is 5.32 Å². The number of carbonyl (C=O) groups is 1. The number of ether oxygens (including phenoxy) is 2. The third kappa shape index (κ3) is 6.31. The normalized spacial score (nSPS) is 10.1. The Kier molecular flexibility index (Phi) is 7.24. The predicted octanol–water partition coefficient (Wildman–Crippen LogP) is 0.688. The van der Waals surface area contributed by atoms with Crippen molar-refractivity contribution in [1.29, 1.82) is 0 Å². The average molecular weight is 187 g/mol. The lowest BCUT2D eigenvalue weighted by molar-refractivity contribution is -0.117. The molecule has 0 bridgehead atoms. The van der Waals surface area contributed by atoms with Crippen LogP contribution in [0.4, 0.5) is 0 Å². The Morgan fingerprint density at radius 1 is 1.54 bits per heavy atom. The Morgan fingerprint density at radius 3 is 2.62 bits per heavy atom. The lowest BCUT2D eigenvalue weighted by Gasteiger charge is -2.12. The summed E-state index contributed by atoms with van der Waals surface area (Å²) in [6.45, 7) is 3.96. The van der Waals surface area contributed by atoms with Gasteiger partial charge in [-0.3, -0.25) is 4.79 Å². The van der Waals surface area contributed by atoms with E-state index in [9.17, 15) is 4.79 Å². The molecule has 4 nitrogen and oxygen atoms in total. The van der Waals surface area contributed by atoms with E-state index in [1.165, 1.54) is 6.08 Å². The molecule has 0 aliphatic rings. The van der Waals surface area contributed by atoms with Crippen molar-refractivity contribution < 1.29 is 14.3 Å². The summed E-state index contributed by atoms with van der Waals surface area (Å²) >= 11 is 0. The van der Waals surface area contributed by atoms with Crippen molar-refractivity contribution in [2.45, 2.75) is 19.1 Å². The Balaban J connectivity index is 3.33. The standard InChI is InChI=1S/C9H17NO3/c1-4-8(11)10-7-5-6-9(12-2)13-3/h4,9H,1,5-7H2,2-3H3,(H,10,11). The lowest BCUT2D eigenvalue weighted by atomic mass is 10.3. The van der Waals surface area contributed by atoms with E-state index >= 15 is 0 Å². The first-order valence-electron chi connectivity index (χ1n) is 4.20. The third-order valence-corrected chi connectivity index (χ3v) is 1.63. The van der Waals surface area contributed by atoms with Gasteiger partial charge in [0.25, 0.3) is 0 Å². The zero-order chi connectivity index (χ0) is 10.1. The molecule has 0 aliphatic carbocycles. The minimum Gasteiger partial charge on any atom is -0.356 e. The van der Waals surface area contributed by atoms with Gasteiger partial charge in [0.1, 0.15) is 0 Å². The monoisotopic (exact) mass is 187 g/mol. The van der Waals surface area contributed by atoms with Gasteiger partial charge < -0.3 is 14.8 Å². The molecule has 0 unspecified atom stereocenters. The van der Waals surface area contributed by atoms with Crippen molar-refractivity contribution in [2.24, 2.45) is 0 Å². The zero-order valence-corrected chi connectivity index (χ0v) is 8.21. The molecule has 0 aromatic rings. The number of carbonyl (C=O) groups excluding carboxylic acids is 1. The number of methoxy groups -OCH3 is 2. The van der Waals surface area contributed by atoms with Gasteiger partial charge in [0.05, 0.1) is 0 Å². The molecule has 0 atom stereocenters. The second kappa shape index (κ2) is 7.76. The Morgan fingerprint density at radius 2 is 2.15 bits per heavy atom. The summed E-state index contributed by atoms with van der Waals surface area (Å²) in [7, 11) is 3.19. The molecular weight excluding hydrogens is 170 g/mol. The van der Waals surface area contributed by atoms with Crippen molar-refractivity contribution in [2.75, 3.05) is 20.8 Å². The zero-order valence-electron chi connectivity index (χ0n) is 8.21. The first kappa shape index (κ1) is 12.1. The molecule has 0 saturated heterocycles. The van der Waals surface area contributed by atoms with Crippen LogP contribution in [0, 0.1) is 0 Å². The van der Waals surface area contributed by atoms with Crippen molar-refractivity contribution in [3.05, 3.63) is 12.7 Å². The molecule has 0 radical (unpaired) electrons. The largest absolute Gasteiger partial charge is 0.356 e. The van der Waals surface area contributed by atoms with Crippen LogP contribution in [0.15, 0.2) is 12.7 Å². The molecule has 0 aromatic carbocycles. The third-order valence-electron chi connectivity index (χ3n) is 1.63. The van der Waals surface area contributed by atoms with E-state index in [0.717, 1.165) is 12.8 Å². The van der Waals surface area contributed by atoms with Gasteiger partial charge in [0.2, 0.25) is 5.91 Å². The first-order chi connectivity index (χ1) is 6.24. The first-order valence-corrected chi connectivity index (χ1v) is 4.20. The van der Waals surface area contributed by atoms with E-state index in [0.29, 0.717) is 6.54 Å². The molecule has 0 saturated carbocycles. The number of rotatable bonds is 7. The molecular formula is C9H17NO3. The maximum atomic E-state index is 10.7. The molecule has 4 heteroatoms. The molecule has 0 aromatic heterocycles. The Hall–Kier alpha value is -0.870. The lowest BCUT2D eigenvalue weighted by Crippen LogP contribution is -2.23. The van der Waals surface area contributed by atoms with Crippen LogP contribution >= 0.6 is 0 Å². The molecule has 0 rings (SSSR count). The van der Waals surface area contributed by atoms with Gasteiger partial charge in [0.15, 0.2) is 6.29 Å². The van der Waals surface area contributed by atoms with Crippen LogP contribution in [0.25, 0.3) is 0 Å². The molecule has 1 N–H and O–H groups in total. The maximum Gasteiger partial charge on any atom is 0.243 e. The molecule has 0 fully saturated rings. The Bertz CT molecular complexity index is 155. The highest BCUT2D eigenvalue weighted by Crippen LogP contribution is 2.00. The average Bonchev–Trinajstić information content (AvgIpc) is 2.18. The van der Waals surface area contributed by atoms with Gasteiger partial charge in [-0.25, -0.2) is 0 Å². The summed E-state index contributed by atoms with van der Waals surface area (Å²) in [5, 5.41) is 2.67. The van der Waals surface area contributed by atoms with Crippen LogP contribution in [0.3, 0.4) is 0 Å². The van der Waals surface area contributed by atoms with Crippen molar-refractivity contribution in [1.82, 2.24) is 5.32 Å². The van der Waals surface area contributed by atoms with E-state index in [1.54, 1.807) is 14.2 Å². The summed E-state index contributed by atoms with van der Waals surface area (Å²) in [4.78, 5) is 10.7. The summed E-state index contributed by atoms with van der Waals surface area (Å²) in [6.07, 6.45) is 2.67. The maximum absolute atomic E-state index is 10.7. The SMILES string of the molecule is C=CC(=O)NCCCC(OC)OC. The molecule has 0 spiro atoms. The predicted molar refractivity (Wildman–Crippen MR) is 50.2 cm³/mol. The smallest absolute Gasteiger partial charge is 0.243 e. The highest BCUT2D eigenvalue weighted by atomic mass is 16.7. The number of hydrogen-bond acceptors (Lipinski definition) is 3. The van der Waals surface area contributed by atoms with Crippen LogP contribution in [-0.2, 0) is 14.3 Å². The van der Waals surface area contributed by atoms with Crippen molar-refractivity contribution >= 4 is 5.91 Å². The van der Waals surface area contributed by atoms with Gasteiger partial charge in [-0.15, -0.1) is 0 Å². The highest BCUT2D eigenvalue weighted by molar-refractivity contribution is 5.86. The summed E-state index contributed by atoms with van der Waals surface area (Å²) in [6, 6.07) is 0. The van der Waals surface area contributed by atoms with E-state index < -0.39 is 0 Å². The van der Waals surface area contributed by atoms with Gasteiger partial charge in [-0.1, -0.05) is 6.58 Å². The Labute approximate surface area is 78.9 Å². The van der Waals surface area contributed by atoms with Gasteiger partial charge >= 0.3 is 0 Å². The minimum atomic E-state index is -0.180. The summed E-state index contributed by atoms with van der Waals surface area (Å²) in [5.74, 6) is -0.147. The van der Waals surface area contributed by atoms with Crippen LogP contribution in [0.1, 0.15) is 12.8 Å². The quantitative estimate of drug-likeness (QED) is 0.362. The second-order valence-electron chi connectivity index (χ2n) is 2.54. The summed E-state index contributed by atoms with van der Waals surface area (Å²) in [5.41, 5.74) is 0. The van der Waals surface area contributed by atoms with Crippen molar-refractivity contribution in [3.63, 3.8) is 0 Å². The fourth-order valence-electron chi connectivity index (χ4n) is 0.884. The van der Waals surface area contributed by atoms with Crippen molar-refractivity contribution in [3.8, 4) is 0 Å². The van der Waals surface area contributed by atoms with E-state index in [4.69, 9.17) is 9.47 Å². The fraction of sp³-hybridized carbons (Fsp3) is 0.667. The molecule has 0 heterocycles. The van der Waals surface area contributed by atoms with Crippen LogP contribution in [0.5, 0.6) is 0 Å². The van der Waals surface area contributed by atoms with Gasteiger partial charge in [-0.2, -0.15) is 0 Å². The van der Waals surface area contributed by atoms with E-state index in [1.807, 2.05) is 0 Å². The highest BCUT2D eigenvalue weighted by Gasteiger charge is 2.03. The van der Waals surface area contributed by atoms with E-state index in [2.05, 4.69) is 11.9 Å². The van der Waals surface area contributed by atoms with Gasteiger partial charge in [-0.05, 0) is 12.5 Å². The molecule has 0 aliphatic heterocycles. The van der Waals surface area contributed by atoms with E-state index in [-0.39, 0.29) is 12.2 Å².